The molecule has 19 heavy (non-hydrogen) atoms. The molecule has 0 spiro atoms. The molecule has 0 aromatic heterocycles. The zero-order valence-corrected chi connectivity index (χ0v) is 14.6. The van der Waals surface area contributed by atoms with E-state index in [9.17, 15) is 0 Å². The third kappa shape index (κ3) is 6.25. The Labute approximate surface area is 132 Å². The summed E-state index contributed by atoms with van der Waals surface area (Å²) in [6.45, 7) is 3.47. The maximum absolute atomic E-state index is 5.82. The molecule has 0 saturated heterocycles. The van der Waals surface area contributed by atoms with Gasteiger partial charge in [0, 0.05) is 19.8 Å². The average Bonchev–Trinajstić information content (AvgIpc) is 2.31. The lowest BCUT2D eigenvalue weighted by atomic mass is 10.1. The second kappa shape index (κ2) is 8.95. The summed E-state index contributed by atoms with van der Waals surface area (Å²) in [5.41, 5.74) is 7.01. The van der Waals surface area contributed by atoms with Crippen LogP contribution < -0.4 is 10.5 Å². The first kappa shape index (κ1) is 17.0. The summed E-state index contributed by atoms with van der Waals surface area (Å²) in [7, 11) is 1.71. The molecule has 0 saturated carbocycles. The number of hydrogen-bond acceptors (Lipinski definition) is 3. The number of hydrogen-bond donors (Lipinski definition) is 1. The standard InChI is InChI=1S/C14H21Br2NO2/c1-10(17)7-11-8-12(15)14(13(16)9-11)19-6-4-3-5-18-2/h8-10H,3-7,17H2,1-2H3. The molecule has 1 aromatic rings. The molecule has 0 aliphatic heterocycles. The first-order chi connectivity index (χ1) is 9.04. The number of unbranched alkanes of at least 4 members (excludes halogenated alkanes) is 1. The predicted molar refractivity (Wildman–Crippen MR) is 85.8 cm³/mol. The quantitative estimate of drug-likeness (QED) is 0.680. The van der Waals surface area contributed by atoms with Crippen LogP contribution in [0, 0.1) is 0 Å². The van der Waals surface area contributed by atoms with Gasteiger partial charge in [-0.05, 0) is 75.7 Å². The van der Waals surface area contributed by atoms with E-state index in [0.717, 1.165) is 40.6 Å². The molecule has 0 aliphatic rings. The summed E-state index contributed by atoms with van der Waals surface area (Å²) in [6.07, 6.45) is 2.84. The Balaban J connectivity index is 2.59. The molecule has 5 heteroatoms. The Hall–Kier alpha value is -0.100. The van der Waals surface area contributed by atoms with E-state index in [-0.39, 0.29) is 6.04 Å². The zero-order chi connectivity index (χ0) is 14.3. The summed E-state index contributed by atoms with van der Waals surface area (Å²) in [4.78, 5) is 0. The average molecular weight is 395 g/mol. The van der Waals surface area contributed by atoms with Gasteiger partial charge < -0.3 is 15.2 Å². The van der Waals surface area contributed by atoms with E-state index in [0.29, 0.717) is 6.61 Å². The molecule has 0 aliphatic carbocycles. The second-order valence-electron chi connectivity index (χ2n) is 4.62. The lowest BCUT2D eigenvalue weighted by Crippen LogP contribution is -2.17. The SMILES string of the molecule is COCCCCOc1c(Br)cc(CC(C)N)cc1Br. The van der Waals surface area contributed by atoms with Crippen LogP contribution in [0.2, 0.25) is 0 Å². The Kier molecular flexibility index (Phi) is 7.99. The maximum Gasteiger partial charge on any atom is 0.147 e. The molecule has 0 radical (unpaired) electrons. The van der Waals surface area contributed by atoms with Crippen LogP contribution in [0.5, 0.6) is 5.75 Å². The van der Waals surface area contributed by atoms with Crippen LogP contribution in [-0.2, 0) is 11.2 Å². The molecule has 1 unspecified atom stereocenters. The lowest BCUT2D eigenvalue weighted by Gasteiger charge is -2.13. The van der Waals surface area contributed by atoms with Crippen LogP contribution in [0.15, 0.2) is 21.1 Å². The zero-order valence-electron chi connectivity index (χ0n) is 11.4. The molecule has 0 heterocycles. The van der Waals surface area contributed by atoms with Gasteiger partial charge in [0.1, 0.15) is 5.75 Å². The van der Waals surface area contributed by atoms with Gasteiger partial charge in [-0.15, -0.1) is 0 Å². The first-order valence-electron chi connectivity index (χ1n) is 6.39. The molecule has 3 nitrogen and oxygen atoms in total. The van der Waals surface area contributed by atoms with Crippen LogP contribution in [0.4, 0.5) is 0 Å². The third-order valence-electron chi connectivity index (χ3n) is 2.60. The van der Waals surface area contributed by atoms with Crippen molar-refractivity contribution < 1.29 is 9.47 Å². The fourth-order valence-corrected chi connectivity index (χ4v) is 3.27. The molecule has 1 aromatic carbocycles. The van der Waals surface area contributed by atoms with Crippen molar-refractivity contribution in [2.45, 2.75) is 32.2 Å². The number of rotatable bonds is 8. The van der Waals surface area contributed by atoms with Crippen LogP contribution in [-0.4, -0.2) is 26.4 Å². The fraction of sp³-hybridized carbons (Fsp3) is 0.571. The Morgan fingerprint density at radius 2 is 1.74 bits per heavy atom. The van der Waals surface area contributed by atoms with Gasteiger partial charge in [0.05, 0.1) is 15.6 Å². The van der Waals surface area contributed by atoms with E-state index >= 15 is 0 Å². The minimum atomic E-state index is 0.152. The van der Waals surface area contributed by atoms with Crippen molar-refractivity contribution in [3.63, 3.8) is 0 Å². The highest BCUT2D eigenvalue weighted by Crippen LogP contribution is 2.35. The Morgan fingerprint density at radius 3 is 2.26 bits per heavy atom. The van der Waals surface area contributed by atoms with Gasteiger partial charge in [-0.3, -0.25) is 0 Å². The number of benzene rings is 1. The highest BCUT2D eigenvalue weighted by molar-refractivity contribution is 9.11. The van der Waals surface area contributed by atoms with Gasteiger partial charge in [-0.2, -0.15) is 0 Å². The highest BCUT2D eigenvalue weighted by Gasteiger charge is 2.10. The molecular weight excluding hydrogens is 374 g/mol. The molecule has 108 valence electrons. The molecule has 0 fully saturated rings. The topological polar surface area (TPSA) is 44.5 Å². The number of ether oxygens (including phenoxy) is 2. The van der Waals surface area contributed by atoms with Gasteiger partial charge in [-0.25, -0.2) is 0 Å². The van der Waals surface area contributed by atoms with Crippen molar-refractivity contribution in [3.8, 4) is 5.75 Å². The molecule has 1 rings (SSSR count). The molecule has 0 amide bonds. The summed E-state index contributed by atoms with van der Waals surface area (Å²) in [5, 5.41) is 0. The van der Waals surface area contributed by atoms with E-state index in [1.54, 1.807) is 7.11 Å². The smallest absolute Gasteiger partial charge is 0.147 e. The predicted octanol–water partition coefficient (Wildman–Crippen LogP) is 3.91. The van der Waals surface area contributed by atoms with E-state index in [2.05, 4.69) is 44.0 Å². The number of halogens is 2. The fourth-order valence-electron chi connectivity index (χ4n) is 1.76. The van der Waals surface area contributed by atoms with Gasteiger partial charge >= 0.3 is 0 Å². The molecule has 0 bridgehead atoms. The van der Waals surface area contributed by atoms with Gasteiger partial charge in [-0.1, -0.05) is 0 Å². The highest BCUT2D eigenvalue weighted by atomic mass is 79.9. The number of nitrogens with two attached hydrogens (primary N) is 1. The summed E-state index contributed by atoms with van der Waals surface area (Å²) in [6, 6.07) is 4.29. The van der Waals surface area contributed by atoms with E-state index < -0.39 is 0 Å². The second-order valence-corrected chi connectivity index (χ2v) is 6.33. The van der Waals surface area contributed by atoms with Gasteiger partial charge in [0.2, 0.25) is 0 Å². The molecule has 1 atom stereocenters. The van der Waals surface area contributed by atoms with Crippen LogP contribution >= 0.6 is 31.9 Å². The maximum atomic E-state index is 5.82. The number of methoxy groups -OCH3 is 1. The minimum absolute atomic E-state index is 0.152. The van der Waals surface area contributed by atoms with Crippen molar-refractivity contribution in [1.29, 1.82) is 0 Å². The third-order valence-corrected chi connectivity index (χ3v) is 3.78. The van der Waals surface area contributed by atoms with Crippen molar-refractivity contribution >= 4 is 31.9 Å². The lowest BCUT2D eigenvalue weighted by molar-refractivity contribution is 0.184. The molecule has 2 N–H and O–H groups in total. The van der Waals surface area contributed by atoms with Crippen molar-refractivity contribution in [3.05, 3.63) is 26.6 Å². The van der Waals surface area contributed by atoms with Crippen molar-refractivity contribution in [1.82, 2.24) is 0 Å². The van der Waals surface area contributed by atoms with Gasteiger partial charge in [0.25, 0.3) is 0 Å². The largest absolute Gasteiger partial charge is 0.491 e. The minimum Gasteiger partial charge on any atom is -0.491 e. The Morgan fingerprint density at radius 1 is 1.16 bits per heavy atom. The van der Waals surface area contributed by atoms with Crippen molar-refractivity contribution in [2.24, 2.45) is 5.73 Å². The normalized spacial score (nSPS) is 12.5. The molecular formula is C14H21Br2NO2. The van der Waals surface area contributed by atoms with Crippen LogP contribution in [0.25, 0.3) is 0 Å². The summed E-state index contributed by atoms with van der Waals surface area (Å²) in [5.74, 6) is 0.853. The van der Waals surface area contributed by atoms with E-state index in [1.165, 1.54) is 5.56 Å². The monoisotopic (exact) mass is 393 g/mol. The van der Waals surface area contributed by atoms with Crippen LogP contribution in [0.3, 0.4) is 0 Å². The summed E-state index contributed by atoms with van der Waals surface area (Å²) >= 11 is 7.10. The first-order valence-corrected chi connectivity index (χ1v) is 7.98. The van der Waals surface area contributed by atoms with E-state index in [1.807, 2.05) is 6.92 Å². The summed E-state index contributed by atoms with van der Waals surface area (Å²) < 4.78 is 12.7. The van der Waals surface area contributed by atoms with Crippen LogP contribution in [0.1, 0.15) is 25.3 Å². The van der Waals surface area contributed by atoms with E-state index in [4.69, 9.17) is 15.2 Å². The Bertz CT molecular complexity index is 374. The van der Waals surface area contributed by atoms with Crippen molar-refractivity contribution in [2.75, 3.05) is 20.3 Å². The van der Waals surface area contributed by atoms with Gasteiger partial charge in [0.15, 0.2) is 0 Å².